The lowest BCUT2D eigenvalue weighted by atomic mass is 9.83. The molecule has 2 rings (SSSR count). The third-order valence-electron chi connectivity index (χ3n) is 3.63. The van der Waals surface area contributed by atoms with Crippen LogP contribution in [0.1, 0.15) is 31.4 Å². The van der Waals surface area contributed by atoms with Crippen molar-refractivity contribution in [2.45, 2.75) is 51.1 Å². The minimum atomic E-state index is -1.67. The molecule has 0 spiro atoms. The second kappa shape index (κ2) is 7.30. The first-order chi connectivity index (χ1) is 10.3. The van der Waals surface area contributed by atoms with Crippen LogP contribution in [0.2, 0.25) is 19.6 Å². The van der Waals surface area contributed by atoms with E-state index in [0.29, 0.717) is 6.61 Å². The van der Waals surface area contributed by atoms with Gasteiger partial charge in [-0.2, -0.15) is 0 Å². The average Bonchev–Trinajstić information content (AvgIpc) is 2.41. The molecule has 0 amide bonds. The van der Waals surface area contributed by atoms with Crippen LogP contribution < -0.4 is 0 Å². The molecule has 0 saturated carbocycles. The van der Waals surface area contributed by atoms with Gasteiger partial charge in [0, 0.05) is 12.7 Å². The van der Waals surface area contributed by atoms with Crippen LogP contribution in [-0.2, 0) is 14.0 Å². The Hall–Kier alpha value is -0.623. The highest BCUT2D eigenvalue weighted by molar-refractivity contribution is 8.13. The standard InChI is InChI=1S/C17H26O3SSi/c1-14(18)21-12-8-11-17(20-22(2,3)4)13-19-16(17)15-9-6-5-7-10-15/h5-7,9-10,16H,8,11-13H2,1-4H3/t16-,17-/m1/s1. The molecule has 1 fully saturated rings. The fourth-order valence-corrected chi connectivity index (χ4v) is 4.98. The third-order valence-corrected chi connectivity index (χ3v) is 5.55. The summed E-state index contributed by atoms with van der Waals surface area (Å²) < 4.78 is 12.4. The molecule has 0 bridgehead atoms. The Morgan fingerprint density at radius 1 is 1.36 bits per heavy atom. The minimum Gasteiger partial charge on any atom is -0.407 e. The first-order valence-electron chi connectivity index (χ1n) is 7.82. The summed E-state index contributed by atoms with van der Waals surface area (Å²) in [5.41, 5.74) is 0.967. The second-order valence-corrected chi connectivity index (χ2v) is 12.5. The highest BCUT2D eigenvalue weighted by Gasteiger charge is 2.51. The van der Waals surface area contributed by atoms with E-state index < -0.39 is 8.32 Å². The number of rotatable bonds is 7. The van der Waals surface area contributed by atoms with Crippen LogP contribution >= 0.6 is 11.8 Å². The van der Waals surface area contributed by atoms with E-state index in [4.69, 9.17) is 9.16 Å². The fourth-order valence-electron chi connectivity index (χ4n) is 2.91. The lowest BCUT2D eigenvalue weighted by Crippen LogP contribution is -2.58. The first kappa shape index (κ1) is 17.7. The van der Waals surface area contributed by atoms with Crippen LogP contribution in [0.15, 0.2) is 30.3 Å². The number of benzene rings is 1. The zero-order chi connectivity index (χ0) is 16.2. The summed E-state index contributed by atoms with van der Waals surface area (Å²) in [5.74, 6) is 0.855. The van der Waals surface area contributed by atoms with Gasteiger partial charge in [0.1, 0.15) is 11.7 Å². The molecule has 1 aliphatic heterocycles. The molecule has 1 saturated heterocycles. The van der Waals surface area contributed by atoms with Crippen molar-refractivity contribution in [2.24, 2.45) is 0 Å². The molecule has 1 heterocycles. The van der Waals surface area contributed by atoms with Crippen LogP contribution in [-0.4, -0.2) is 31.4 Å². The Labute approximate surface area is 138 Å². The van der Waals surface area contributed by atoms with Crippen LogP contribution in [0, 0.1) is 0 Å². The van der Waals surface area contributed by atoms with Gasteiger partial charge >= 0.3 is 0 Å². The number of ether oxygens (including phenoxy) is 1. The number of hydrogen-bond acceptors (Lipinski definition) is 4. The Balaban J connectivity index is 2.07. The maximum absolute atomic E-state index is 11.1. The quantitative estimate of drug-likeness (QED) is 0.545. The summed E-state index contributed by atoms with van der Waals surface area (Å²) in [5, 5.41) is 0.185. The molecule has 1 aliphatic rings. The molecule has 1 aromatic carbocycles. The molecular weight excluding hydrogens is 312 g/mol. The van der Waals surface area contributed by atoms with E-state index in [0.717, 1.165) is 18.6 Å². The van der Waals surface area contributed by atoms with Crippen LogP contribution in [0.3, 0.4) is 0 Å². The van der Waals surface area contributed by atoms with Gasteiger partial charge in [-0.15, -0.1) is 0 Å². The van der Waals surface area contributed by atoms with Crippen molar-refractivity contribution in [1.29, 1.82) is 0 Å². The first-order valence-corrected chi connectivity index (χ1v) is 12.2. The van der Waals surface area contributed by atoms with E-state index >= 15 is 0 Å². The van der Waals surface area contributed by atoms with Crippen molar-refractivity contribution in [2.75, 3.05) is 12.4 Å². The lowest BCUT2D eigenvalue weighted by Gasteiger charge is -2.52. The van der Waals surface area contributed by atoms with Gasteiger partial charge in [-0.3, -0.25) is 4.79 Å². The van der Waals surface area contributed by atoms with E-state index in [9.17, 15) is 4.79 Å². The largest absolute Gasteiger partial charge is 0.407 e. The van der Waals surface area contributed by atoms with Crippen molar-refractivity contribution < 1.29 is 14.0 Å². The maximum atomic E-state index is 11.1. The average molecular weight is 339 g/mol. The monoisotopic (exact) mass is 338 g/mol. The SMILES string of the molecule is CC(=O)SCCC[C@@]1(O[Si](C)(C)C)CO[C@@H]1c1ccccc1. The topological polar surface area (TPSA) is 35.5 Å². The Bertz CT molecular complexity index is 500. The summed E-state index contributed by atoms with van der Waals surface area (Å²) >= 11 is 1.40. The summed E-state index contributed by atoms with van der Waals surface area (Å²) in [4.78, 5) is 11.1. The summed E-state index contributed by atoms with van der Waals surface area (Å²) in [7, 11) is -1.67. The van der Waals surface area contributed by atoms with E-state index in [-0.39, 0.29) is 16.8 Å². The van der Waals surface area contributed by atoms with Crippen LogP contribution in [0.4, 0.5) is 0 Å². The van der Waals surface area contributed by atoms with Gasteiger partial charge < -0.3 is 9.16 Å². The van der Waals surface area contributed by atoms with Gasteiger partial charge in [0.2, 0.25) is 0 Å². The minimum absolute atomic E-state index is 0.0164. The summed E-state index contributed by atoms with van der Waals surface area (Å²) in [6, 6.07) is 10.3. The molecule has 22 heavy (non-hydrogen) atoms. The smallest absolute Gasteiger partial charge is 0.185 e. The Kier molecular flexibility index (Phi) is 5.88. The van der Waals surface area contributed by atoms with Gasteiger partial charge in [0.25, 0.3) is 0 Å². The molecule has 0 aromatic heterocycles. The molecule has 2 atom stereocenters. The van der Waals surface area contributed by atoms with Crippen LogP contribution in [0.25, 0.3) is 0 Å². The lowest BCUT2D eigenvalue weighted by molar-refractivity contribution is -0.234. The maximum Gasteiger partial charge on any atom is 0.185 e. The van der Waals surface area contributed by atoms with Gasteiger partial charge in [-0.1, -0.05) is 42.1 Å². The number of carbonyl (C=O) groups is 1. The molecule has 0 aliphatic carbocycles. The third kappa shape index (κ3) is 4.68. The molecule has 0 radical (unpaired) electrons. The zero-order valence-electron chi connectivity index (χ0n) is 13.9. The molecule has 122 valence electrons. The van der Waals surface area contributed by atoms with Crippen molar-refractivity contribution in [3.8, 4) is 0 Å². The highest BCUT2D eigenvalue weighted by Crippen LogP contribution is 2.46. The van der Waals surface area contributed by atoms with Gasteiger partial charge in [0.05, 0.1) is 6.61 Å². The van der Waals surface area contributed by atoms with E-state index in [1.165, 1.54) is 17.3 Å². The Morgan fingerprint density at radius 3 is 2.55 bits per heavy atom. The molecule has 0 N–H and O–H groups in total. The van der Waals surface area contributed by atoms with Crippen molar-refractivity contribution in [3.05, 3.63) is 35.9 Å². The highest BCUT2D eigenvalue weighted by atomic mass is 32.2. The number of thioether (sulfide) groups is 1. The fraction of sp³-hybridized carbons (Fsp3) is 0.588. The molecule has 3 nitrogen and oxygen atoms in total. The van der Waals surface area contributed by atoms with Gasteiger partial charge in [0.15, 0.2) is 13.4 Å². The van der Waals surface area contributed by atoms with E-state index in [2.05, 4.69) is 31.8 Å². The van der Waals surface area contributed by atoms with Crippen LogP contribution in [0.5, 0.6) is 0 Å². The van der Waals surface area contributed by atoms with Crippen molar-refractivity contribution in [3.63, 3.8) is 0 Å². The summed E-state index contributed by atoms with van der Waals surface area (Å²) in [6.07, 6.45) is 1.93. The Morgan fingerprint density at radius 2 is 2.05 bits per heavy atom. The van der Waals surface area contributed by atoms with Gasteiger partial charge in [-0.25, -0.2) is 0 Å². The molecule has 5 heteroatoms. The number of hydrogen-bond donors (Lipinski definition) is 0. The second-order valence-electron chi connectivity index (χ2n) is 6.82. The summed E-state index contributed by atoms with van der Waals surface area (Å²) in [6.45, 7) is 8.94. The zero-order valence-corrected chi connectivity index (χ0v) is 15.7. The predicted molar refractivity (Wildman–Crippen MR) is 94.7 cm³/mol. The van der Waals surface area contributed by atoms with Gasteiger partial charge in [-0.05, 0) is 38.0 Å². The molecule has 1 aromatic rings. The normalized spacial score (nSPS) is 24.8. The van der Waals surface area contributed by atoms with E-state index in [1.54, 1.807) is 6.92 Å². The molecule has 0 unspecified atom stereocenters. The molecular formula is C17H26O3SSi. The number of carbonyl (C=O) groups excluding carboxylic acids is 1. The van der Waals surface area contributed by atoms with E-state index in [1.807, 2.05) is 18.2 Å². The predicted octanol–water partition coefficient (Wildman–Crippen LogP) is 4.41. The van der Waals surface area contributed by atoms with Crippen molar-refractivity contribution in [1.82, 2.24) is 0 Å². The van der Waals surface area contributed by atoms with Crippen molar-refractivity contribution >= 4 is 25.2 Å².